The molecular formula is C22H20ClF8KN4O8. The van der Waals surface area contributed by atoms with E-state index in [1.807, 2.05) is 10.6 Å². The van der Waals surface area contributed by atoms with Gasteiger partial charge in [0.1, 0.15) is 17.8 Å². The third kappa shape index (κ3) is 12.1. The molecule has 0 saturated heterocycles. The van der Waals surface area contributed by atoms with Crippen molar-refractivity contribution < 1.29 is 116 Å². The van der Waals surface area contributed by atoms with Crippen LogP contribution in [0.2, 0.25) is 0 Å². The number of benzene rings is 2. The van der Waals surface area contributed by atoms with Crippen molar-refractivity contribution in [2.75, 3.05) is 23.2 Å². The van der Waals surface area contributed by atoms with Crippen LogP contribution in [0, 0.1) is 20.2 Å². The number of carbonyl (C=O) groups excluding carboxylic acids is 2. The average Bonchev–Trinajstić information content (AvgIpc) is 2.87. The second kappa shape index (κ2) is 16.7. The van der Waals surface area contributed by atoms with Crippen LogP contribution >= 0.6 is 11.6 Å². The third-order valence-corrected chi connectivity index (χ3v) is 5.53. The fourth-order valence-electron chi connectivity index (χ4n) is 2.65. The van der Waals surface area contributed by atoms with Gasteiger partial charge in [-0.25, -0.2) is 4.39 Å². The van der Waals surface area contributed by atoms with Gasteiger partial charge in [-0.3, -0.25) is 29.8 Å². The summed E-state index contributed by atoms with van der Waals surface area (Å²) in [6.07, 6.45) is -9.97. The summed E-state index contributed by atoms with van der Waals surface area (Å²) >= 11 is 5.34. The fraction of sp³-hybridized carbons (Fsp3) is 0.364. The molecule has 0 fully saturated rings. The predicted molar refractivity (Wildman–Crippen MR) is 131 cm³/mol. The monoisotopic (exact) mass is 692 g/mol. The van der Waals surface area contributed by atoms with Gasteiger partial charge in [0, 0.05) is 23.5 Å². The molecule has 2 aromatic carbocycles. The number of carbonyl (C=O) groups is 2. The number of anilines is 2. The molecule has 0 bridgehead atoms. The Bertz CT molecular complexity index is 1260. The maximum Gasteiger partial charge on any atom is 1.00 e. The Hall–Kier alpha value is -2.53. The van der Waals surface area contributed by atoms with E-state index in [4.69, 9.17) is 11.6 Å². The van der Waals surface area contributed by atoms with E-state index in [0.29, 0.717) is 24.3 Å². The second-order valence-electron chi connectivity index (χ2n) is 8.70. The van der Waals surface area contributed by atoms with Crippen LogP contribution in [0.3, 0.4) is 0 Å². The van der Waals surface area contributed by atoms with Gasteiger partial charge in [-0.2, -0.15) is 26.3 Å². The number of nitro groups is 2. The smallest absolute Gasteiger partial charge is 1.00 e. The van der Waals surface area contributed by atoms with Crippen molar-refractivity contribution in [3.63, 3.8) is 0 Å². The molecule has 2 amide bonds. The van der Waals surface area contributed by atoms with Crippen LogP contribution in [0.15, 0.2) is 36.4 Å². The van der Waals surface area contributed by atoms with Gasteiger partial charge >= 0.3 is 63.7 Å². The van der Waals surface area contributed by atoms with E-state index in [2.05, 4.69) is 0 Å². The second-order valence-corrected chi connectivity index (χ2v) is 8.96. The summed E-state index contributed by atoms with van der Waals surface area (Å²) in [6, 6.07) is 3.70. The zero-order valence-corrected chi connectivity index (χ0v) is 26.4. The molecule has 0 heterocycles. The van der Waals surface area contributed by atoms with Crippen molar-refractivity contribution in [1.29, 1.82) is 0 Å². The first kappa shape index (κ1) is 43.6. The summed E-state index contributed by atoms with van der Waals surface area (Å²) in [5, 5.41) is 43.8. The van der Waals surface area contributed by atoms with E-state index in [-0.39, 0.29) is 61.8 Å². The number of nitro benzene ring substituents is 2. The van der Waals surface area contributed by atoms with Crippen LogP contribution in [0.4, 0.5) is 53.5 Å². The quantitative estimate of drug-likeness (QED) is 0.0876. The molecule has 0 spiro atoms. The minimum atomic E-state index is -5.01. The van der Waals surface area contributed by atoms with Crippen molar-refractivity contribution >= 4 is 46.2 Å². The Morgan fingerprint density at radius 2 is 1.11 bits per heavy atom. The van der Waals surface area contributed by atoms with Crippen molar-refractivity contribution in [3.05, 3.63) is 67.8 Å². The number of nitrogens with one attached hydrogen (secondary N) is 2. The number of nitrogens with zero attached hydrogens (tertiary/aromatic N) is 2. The van der Waals surface area contributed by atoms with E-state index in [0.717, 1.165) is 26.0 Å². The van der Waals surface area contributed by atoms with Gasteiger partial charge in [0.15, 0.2) is 11.2 Å². The van der Waals surface area contributed by atoms with E-state index in [9.17, 15) is 70.8 Å². The van der Waals surface area contributed by atoms with Crippen LogP contribution in [0.5, 0.6) is 0 Å². The molecule has 2 atom stereocenters. The Kier molecular flexibility index (Phi) is 16.5. The number of rotatable bonds is 8. The standard InChI is InChI=1S/C11H10ClF3N2O4.C11H10F4N2O4.FH.K/c2*1-10(19,5-12)9(18)16-6-2-3-8(17(20)21)7(4-6)11(13,14)15;;/h2*2-4,19H,5H2,1H3,(H,16,18);1H;/q;;;+1/p-1/t2*10-;;/m00../s1/i;12-1;1-1;. The van der Waals surface area contributed by atoms with E-state index in [1.54, 1.807) is 0 Å². The SMILES string of the molecule is C[C@](O)(CCl)C(=O)Nc1ccc([N+](=O)[O-])c(C(F)(F)F)c1.C[C@](O)(C[18F])C(=O)Nc1ccc([N+](=O)[O-])c(C(F)(F)F)c1.[18F-].[K+]. The maximum absolute atomic E-state index is 12.7. The molecule has 0 unspecified atom stereocenters. The van der Waals surface area contributed by atoms with Crippen molar-refractivity contribution in [2.24, 2.45) is 0 Å². The summed E-state index contributed by atoms with van der Waals surface area (Å²) in [7, 11) is 0. The Labute approximate surface area is 289 Å². The molecule has 240 valence electrons. The van der Waals surface area contributed by atoms with E-state index in [1.165, 1.54) is 0 Å². The molecule has 0 aliphatic heterocycles. The van der Waals surface area contributed by atoms with E-state index >= 15 is 0 Å². The number of alkyl halides is 8. The Balaban J connectivity index is 0. The van der Waals surface area contributed by atoms with Crippen LogP contribution in [-0.4, -0.2) is 55.6 Å². The molecule has 0 aromatic heterocycles. The first-order chi connectivity index (χ1) is 19.0. The molecule has 0 aliphatic carbocycles. The largest absolute Gasteiger partial charge is 1.00 e. The number of halogens is 9. The molecular weight excluding hydrogens is 673 g/mol. The Morgan fingerprint density at radius 3 is 1.36 bits per heavy atom. The molecule has 2 rings (SSSR count). The van der Waals surface area contributed by atoms with Gasteiger partial charge in [-0.05, 0) is 38.1 Å². The van der Waals surface area contributed by atoms with Crippen molar-refractivity contribution in [1.82, 2.24) is 0 Å². The minimum Gasteiger partial charge on any atom is -1.00 e. The average molecular weight is 693 g/mol. The number of aliphatic hydroxyl groups is 2. The molecule has 44 heavy (non-hydrogen) atoms. The topological polar surface area (TPSA) is 185 Å². The summed E-state index contributed by atoms with van der Waals surface area (Å²) < 4.78 is 88.7. The van der Waals surface area contributed by atoms with Gasteiger partial charge < -0.3 is 25.6 Å². The normalized spacial score (nSPS) is 13.7. The first-order valence-electron chi connectivity index (χ1n) is 10.9. The molecule has 0 radical (unpaired) electrons. The van der Waals surface area contributed by atoms with Crippen LogP contribution in [-0.2, 0) is 21.9 Å². The number of hydrogen-bond acceptors (Lipinski definition) is 8. The minimum absolute atomic E-state index is 0. The van der Waals surface area contributed by atoms with Crippen molar-refractivity contribution in [2.45, 2.75) is 37.4 Å². The molecule has 22 heteroatoms. The van der Waals surface area contributed by atoms with Crippen molar-refractivity contribution in [3.8, 4) is 0 Å². The van der Waals surface area contributed by atoms with Crippen LogP contribution < -0.4 is 66.7 Å². The van der Waals surface area contributed by atoms with Crippen LogP contribution in [0.1, 0.15) is 25.0 Å². The molecule has 4 N–H and O–H groups in total. The summed E-state index contributed by atoms with van der Waals surface area (Å²) in [5.74, 6) is -2.77. The fourth-order valence-corrected chi connectivity index (χ4v) is 2.77. The van der Waals surface area contributed by atoms with Gasteiger partial charge in [0.2, 0.25) is 0 Å². The summed E-state index contributed by atoms with van der Waals surface area (Å²) in [4.78, 5) is 41.7. The molecule has 2 aromatic rings. The molecule has 12 nitrogen and oxygen atoms in total. The zero-order valence-electron chi connectivity index (χ0n) is 22.5. The van der Waals surface area contributed by atoms with Gasteiger partial charge in [-0.15, -0.1) is 11.6 Å². The summed E-state index contributed by atoms with van der Waals surface area (Å²) in [6.45, 7) is 0.460. The summed E-state index contributed by atoms with van der Waals surface area (Å²) in [5.41, 5.74) is -10.6. The van der Waals surface area contributed by atoms with Gasteiger partial charge in [-0.1, -0.05) is 0 Å². The maximum atomic E-state index is 12.7. The first-order valence-corrected chi connectivity index (χ1v) is 11.4. The molecule has 0 saturated carbocycles. The van der Waals surface area contributed by atoms with Crippen LogP contribution in [0.25, 0.3) is 0 Å². The number of amides is 2. The predicted octanol–water partition coefficient (Wildman–Crippen LogP) is -1.18. The Morgan fingerprint density at radius 1 is 0.795 bits per heavy atom. The zero-order chi connectivity index (χ0) is 32.8. The number of hydrogen-bond donors (Lipinski definition) is 4. The van der Waals surface area contributed by atoms with E-state index < -0.39 is 86.0 Å². The molecule has 0 aliphatic rings. The third-order valence-electron chi connectivity index (χ3n) is 5.01. The van der Waals surface area contributed by atoms with Gasteiger partial charge in [0.25, 0.3) is 23.2 Å². The van der Waals surface area contributed by atoms with Gasteiger partial charge in [0.05, 0.1) is 15.7 Å².